The van der Waals surface area contributed by atoms with Crippen molar-refractivity contribution in [3.8, 4) is 5.75 Å². The Labute approximate surface area is 125 Å². The number of aryl methyl sites for hydroxylation is 2. The minimum atomic E-state index is -3.84. The van der Waals surface area contributed by atoms with Gasteiger partial charge in [-0.2, -0.15) is 0 Å². The Morgan fingerprint density at radius 1 is 1.33 bits per heavy atom. The molecule has 21 heavy (non-hydrogen) atoms. The summed E-state index contributed by atoms with van der Waals surface area (Å²) in [4.78, 5) is 10.8. The zero-order valence-electron chi connectivity index (χ0n) is 12.6. The van der Waals surface area contributed by atoms with E-state index in [0.29, 0.717) is 6.42 Å². The van der Waals surface area contributed by atoms with E-state index in [9.17, 15) is 13.2 Å². The molecule has 1 aromatic carbocycles. The molecule has 118 valence electrons. The Balaban J connectivity index is 3.18. The molecule has 0 aliphatic heterocycles. The van der Waals surface area contributed by atoms with Crippen LogP contribution in [0.15, 0.2) is 17.0 Å². The van der Waals surface area contributed by atoms with Crippen LogP contribution in [0.4, 0.5) is 0 Å². The molecule has 0 spiro atoms. The Kier molecular flexibility index (Phi) is 5.74. The molecule has 0 saturated heterocycles. The molecular weight excluding hydrogens is 294 g/mol. The first-order chi connectivity index (χ1) is 9.71. The number of hydrogen-bond donors (Lipinski definition) is 2. The topological polar surface area (TPSA) is 92.7 Å². The summed E-state index contributed by atoms with van der Waals surface area (Å²) in [6.07, 6.45) is 0.127. The van der Waals surface area contributed by atoms with Crippen molar-refractivity contribution >= 4 is 16.0 Å². The predicted octanol–water partition coefficient (Wildman–Crippen LogP) is 1.84. The quantitative estimate of drug-likeness (QED) is 0.801. The van der Waals surface area contributed by atoms with Crippen molar-refractivity contribution < 1.29 is 23.1 Å². The highest BCUT2D eigenvalue weighted by molar-refractivity contribution is 7.89. The Morgan fingerprint density at radius 2 is 1.90 bits per heavy atom. The zero-order chi connectivity index (χ0) is 16.2. The first kappa shape index (κ1) is 17.5. The van der Waals surface area contributed by atoms with E-state index < -0.39 is 22.0 Å². The third-order valence-corrected chi connectivity index (χ3v) is 4.85. The predicted molar refractivity (Wildman–Crippen MR) is 79.1 cm³/mol. The van der Waals surface area contributed by atoms with Gasteiger partial charge in [-0.15, -0.1) is 0 Å². The highest BCUT2D eigenvalue weighted by atomic mass is 32.2. The summed E-state index contributed by atoms with van der Waals surface area (Å²) in [5, 5.41) is 8.80. The summed E-state index contributed by atoms with van der Waals surface area (Å²) >= 11 is 0. The zero-order valence-corrected chi connectivity index (χ0v) is 13.5. The molecule has 1 atom stereocenters. The second kappa shape index (κ2) is 6.91. The van der Waals surface area contributed by atoms with Crippen LogP contribution < -0.4 is 9.46 Å². The summed E-state index contributed by atoms with van der Waals surface area (Å²) < 4.78 is 32.4. The fourth-order valence-corrected chi connectivity index (χ4v) is 3.45. The van der Waals surface area contributed by atoms with Crippen molar-refractivity contribution in [1.82, 2.24) is 4.72 Å². The highest BCUT2D eigenvalue weighted by Crippen LogP contribution is 2.27. The molecule has 0 bridgehead atoms. The van der Waals surface area contributed by atoms with Crippen molar-refractivity contribution in [2.75, 3.05) is 7.11 Å². The van der Waals surface area contributed by atoms with E-state index >= 15 is 0 Å². The van der Waals surface area contributed by atoms with E-state index in [0.717, 1.165) is 11.1 Å². The molecule has 2 N–H and O–H groups in total. The normalized spacial score (nSPS) is 13.0. The lowest BCUT2D eigenvalue weighted by molar-refractivity contribution is -0.137. The van der Waals surface area contributed by atoms with Gasteiger partial charge in [-0.1, -0.05) is 6.92 Å². The molecule has 0 heterocycles. The number of methoxy groups -OCH3 is 1. The number of ether oxygens (including phenoxy) is 1. The molecule has 0 saturated carbocycles. The molecular formula is C14H21NO5S. The average Bonchev–Trinajstić information content (AvgIpc) is 2.39. The third kappa shape index (κ3) is 4.44. The largest absolute Gasteiger partial charge is 0.495 e. The van der Waals surface area contributed by atoms with Gasteiger partial charge in [0.05, 0.1) is 13.5 Å². The Hall–Kier alpha value is -1.60. The fraction of sp³-hybridized carbons (Fsp3) is 0.500. The number of sulfonamides is 1. The first-order valence-corrected chi connectivity index (χ1v) is 8.09. The molecule has 0 amide bonds. The van der Waals surface area contributed by atoms with Gasteiger partial charge in [-0.3, -0.25) is 4.79 Å². The van der Waals surface area contributed by atoms with Crippen LogP contribution in [0.25, 0.3) is 0 Å². The van der Waals surface area contributed by atoms with Crippen LogP contribution in [0.2, 0.25) is 0 Å². The Morgan fingerprint density at radius 3 is 2.38 bits per heavy atom. The maximum Gasteiger partial charge on any atom is 0.304 e. The van der Waals surface area contributed by atoms with Crippen LogP contribution in [-0.4, -0.2) is 32.6 Å². The van der Waals surface area contributed by atoms with E-state index in [1.807, 2.05) is 13.8 Å². The van der Waals surface area contributed by atoms with Gasteiger partial charge in [0, 0.05) is 6.04 Å². The van der Waals surface area contributed by atoms with Gasteiger partial charge in [0.2, 0.25) is 10.0 Å². The minimum absolute atomic E-state index is 0.0249. The molecule has 1 unspecified atom stereocenters. The van der Waals surface area contributed by atoms with Crippen molar-refractivity contribution in [3.05, 3.63) is 23.3 Å². The summed E-state index contributed by atoms with van der Waals surface area (Å²) in [5.74, 6) is -0.799. The number of carboxylic acids is 1. The van der Waals surface area contributed by atoms with Crippen molar-refractivity contribution in [1.29, 1.82) is 0 Å². The van der Waals surface area contributed by atoms with Gasteiger partial charge in [0.25, 0.3) is 0 Å². The SMILES string of the molecule is CCC(CC(=O)O)NS(=O)(=O)c1cc(C)c(C)cc1OC. The summed E-state index contributed by atoms with van der Waals surface area (Å²) in [6, 6.07) is 2.53. The van der Waals surface area contributed by atoms with Gasteiger partial charge < -0.3 is 9.84 Å². The molecule has 0 aliphatic carbocycles. The molecule has 0 aliphatic rings. The number of carbonyl (C=O) groups is 1. The molecule has 0 aromatic heterocycles. The number of benzene rings is 1. The van der Waals surface area contributed by atoms with Crippen LogP contribution in [0, 0.1) is 13.8 Å². The second-order valence-electron chi connectivity index (χ2n) is 4.91. The summed E-state index contributed by atoms with van der Waals surface area (Å²) in [7, 11) is -2.44. The smallest absolute Gasteiger partial charge is 0.304 e. The van der Waals surface area contributed by atoms with Crippen LogP contribution in [0.1, 0.15) is 30.9 Å². The van der Waals surface area contributed by atoms with E-state index in [-0.39, 0.29) is 17.1 Å². The van der Waals surface area contributed by atoms with Crippen molar-refractivity contribution in [3.63, 3.8) is 0 Å². The molecule has 1 rings (SSSR count). The van der Waals surface area contributed by atoms with E-state index in [1.54, 1.807) is 13.0 Å². The third-order valence-electron chi connectivity index (χ3n) is 3.31. The second-order valence-corrected chi connectivity index (χ2v) is 6.59. The lowest BCUT2D eigenvalue weighted by atomic mass is 10.1. The van der Waals surface area contributed by atoms with Gasteiger partial charge in [-0.25, -0.2) is 13.1 Å². The molecule has 0 radical (unpaired) electrons. The average molecular weight is 315 g/mol. The van der Waals surface area contributed by atoms with Gasteiger partial charge in [-0.05, 0) is 43.5 Å². The molecule has 7 heteroatoms. The van der Waals surface area contributed by atoms with Crippen molar-refractivity contribution in [2.24, 2.45) is 0 Å². The fourth-order valence-electron chi connectivity index (χ4n) is 1.90. The van der Waals surface area contributed by atoms with Crippen LogP contribution >= 0.6 is 0 Å². The Bertz CT molecular complexity index is 624. The van der Waals surface area contributed by atoms with Crippen LogP contribution in [0.5, 0.6) is 5.75 Å². The number of carboxylic acid groups (broad SMARTS) is 1. The van der Waals surface area contributed by atoms with E-state index in [2.05, 4.69) is 4.72 Å². The standard InChI is InChI=1S/C14H21NO5S/c1-5-11(8-14(16)17)15-21(18,19)13-7-10(3)9(2)6-12(13)20-4/h6-7,11,15H,5,8H2,1-4H3,(H,16,17). The summed E-state index contributed by atoms with van der Waals surface area (Å²) in [6.45, 7) is 5.40. The van der Waals surface area contributed by atoms with Gasteiger partial charge in [0.15, 0.2) is 0 Å². The number of nitrogens with one attached hydrogen (secondary N) is 1. The van der Waals surface area contributed by atoms with Gasteiger partial charge >= 0.3 is 5.97 Å². The number of aliphatic carboxylic acids is 1. The lowest BCUT2D eigenvalue weighted by Crippen LogP contribution is -2.36. The minimum Gasteiger partial charge on any atom is -0.495 e. The van der Waals surface area contributed by atoms with E-state index in [4.69, 9.17) is 9.84 Å². The highest BCUT2D eigenvalue weighted by Gasteiger charge is 2.24. The molecule has 1 aromatic rings. The number of rotatable bonds is 7. The first-order valence-electron chi connectivity index (χ1n) is 6.60. The molecule has 0 fully saturated rings. The maximum atomic E-state index is 12.4. The van der Waals surface area contributed by atoms with E-state index in [1.165, 1.54) is 13.2 Å². The lowest BCUT2D eigenvalue weighted by Gasteiger charge is -2.17. The maximum absolute atomic E-state index is 12.4. The van der Waals surface area contributed by atoms with Crippen LogP contribution in [0.3, 0.4) is 0 Å². The van der Waals surface area contributed by atoms with Gasteiger partial charge in [0.1, 0.15) is 10.6 Å². The summed E-state index contributed by atoms with van der Waals surface area (Å²) in [5.41, 5.74) is 1.74. The van der Waals surface area contributed by atoms with Crippen molar-refractivity contribution in [2.45, 2.75) is 44.6 Å². The number of hydrogen-bond acceptors (Lipinski definition) is 4. The van der Waals surface area contributed by atoms with Crippen LogP contribution in [-0.2, 0) is 14.8 Å². The molecule has 6 nitrogen and oxygen atoms in total. The monoisotopic (exact) mass is 315 g/mol.